The first-order valence-corrected chi connectivity index (χ1v) is 7.02. The Balaban J connectivity index is 2.21. The third-order valence-electron chi connectivity index (χ3n) is 3.37. The number of hydrogen-bond donors (Lipinski definition) is 1. The first kappa shape index (κ1) is 15.3. The van der Waals surface area contributed by atoms with E-state index >= 15 is 0 Å². The molecule has 1 unspecified atom stereocenters. The van der Waals surface area contributed by atoms with Crippen molar-refractivity contribution in [2.45, 2.75) is 45.3 Å². The van der Waals surface area contributed by atoms with Gasteiger partial charge in [0.05, 0.1) is 11.7 Å². The van der Waals surface area contributed by atoms with Gasteiger partial charge < -0.3 is 10.5 Å². The molecule has 1 saturated heterocycles. The number of amides is 2. The fraction of sp³-hybridized carbons (Fsp3) is 0.643. The highest BCUT2D eigenvalue weighted by molar-refractivity contribution is 5.91. The number of primary amides is 1. The summed E-state index contributed by atoms with van der Waals surface area (Å²) in [5, 5.41) is 4.31. The van der Waals surface area contributed by atoms with Gasteiger partial charge in [0.15, 0.2) is 0 Å². The van der Waals surface area contributed by atoms with Crippen molar-refractivity contribution >= 4 is 12.0 Å². The summed E-state index contributed by atoms with van der Waals surface area (Å²) in [5.74, 6) is -0.530. The van der Waals surface area contributed by atoms with Crippen LogP contribution in [0.2, 0.25) is 0 Å². The number of ether oxygens (including phenoxy) is 1. The molecule has 1 atom stereocenters. The van der Waals surface area contributed by atoms with E-state index in [0.29, 0.717) is 17.9 Å². The Morgan fingerprint density at radius 1 is 1.43 bits per heavy atom. The van der Waals surface area contributed by atoms with E-state index in [4.69, 9.17) is 10.5 Å². The van der Waals surface area contributed by atoms with Crippen LogP contribution in [0.3, 0.4) is 0 Å². The van der Waals surface area contributed by atoms with Gasteiger partial charge in [0.2, 0.25) is 0 Å². The van der Waals surface area contributed by atoms with Crippen molar-refractivity contribution in [3.8, 4) is 0 Å². The molecular formula is C14H22N4O3. The largest absolute Gasteiger partial charge is 0.444 e. The van der Waals surface area contributed by atoms with Crippen LogP contribution in [0, 0.1) is 0 Å². The summed E-state index contributed by atoms with van der Waals surface area (Å²) in [6.07, 6.45) is 1.33. The second-order valence-corrected chi connectivity index (χ2v) is 6.27. The standard InChI is InChI=1S/C14H22N4O3/c1-14(2,3)21-13(20)18-7-5-6-10(18)9-8-11(12(15)19)17(4)16-9/h8,10H,5-7H2,1-4H3,(H2,15,19). The molecule has 0 spiro atoms. The van der Waals surface area contributed by atoms with Gasteiger partial charge in [-0.25, -0.2) is 4.79 Å². The van der Waals surface area contributed by atoms with Crippen molar-refractivity contribution in [1.29, 1.82) is 0 Å². The molecule has 1 aliphatic rings. The van der Waals surface area contributed by atoms with Crippen molar-refractivity contribution in [3.63, 3.8) is 0 Å². The lowest BCUT2D eigenvalue weighted by Crippen LogP contribution is -2.36. The Morgan fingerprint density at radius 3 is 2.62 bits per heavy atom. The van der Waals surface area contributed by atoms with Crippen LogP contribution in [0.15, 0.2) is 6.07 Å². The highest BCUT2D eigenvalue weighted by Crippen LogP contribution is 2.32. The average molecular weight is 294 g/mol. The average Bonchev–Trinajstić information content (AvgIpc) is 2.91. The summed E-state index contributed by atoms with van der Waals surface area (Å²) in [5.41, 5.74) is 5.77. The fourth-order valence-electron chi connectivity index (χ4n) is 2.50. The molecule has 116 valence electrons. The quantitative estimate of drug-likeness (QED) is 0.896. The molecule has 0 bridgehead atoms. The molecule has 7 heteroatoms. The summed E-state index contributed by atoms with van der Waals surface area (Å²) < 4.78 is 6.87. The van der Waals surface area contributed by atoms with Crippen molar-refractivity contribution in [3.05, 3.63) is 17.5 Å². The first-order valence-electron chi connectivity index (χ1n) is 7.02. The molecule has 7 nitrogen and oxygen atoms in total. The van der Waals surface area contributed by atoms with Crippen molar-refractivity contribution in [2.24, 2.45) is 12.8 Å². The molecular weight excluding hydrogens is 272 g/mol. The van der Waals surface area contributed by atoms with Gasteiger partial charge in [0.1, 0.15) is 11.3 Å². The van der Waals surface area contributed by atoms with Crippen molar-refractivity contribution < 1.29 is 14.3 Å². The van der Waals surface area contributed by atoms with E-state index in [1.165, 1.54) is 4.68 Å². The van der Waals surface area contributed by atoms with Crippen LogP contribution in [0.4, 0.5) is 4.79 Å². The number of carbonyl (C=O) groups is 2. The maximum absolute atomic E-state index is 12.2. The van der Waals surface area contributed by atoms with Crippen LogP contribution in [0.5, 0.6) is 0 Å². The minimum atomic E-state index is -0.535. The lowest BCUT2D eigenvalue weighted by atomic mass is 10.1. The van der Waals surface area contributed by atoms with Crippen LogP contribution in [-0.2, 0) is 11.8 Å². The maximum atomic E-state index is 12.2. The molecule has 2 heterocycles. The third-order valence-corrected chi connectivity index (χ3v) is 3.37. The van der Waals surface area contributed by atoms with Crippen molar-refractivity contribution in [1.82, 2.24) is 14.7 Å². The van der Waals surface area contributed by atoms with Crippen LogP contribution >= 0.6 is 0 Å². The van der Waals surface area contributed by atoms with Gasteiger partial charge >= 0.3 is 6.09 Å². The Morgan fingerprint density at radius 2 is 2.10 bits per heavy atom. The molecule has 1 aromatic heterocycles. The fourth-order valence-corrected chi connectivity index (χ4v) is 2.50. The Kier molecular flexibility index (Phi) is 3.93. The lowest BCUT2D eigenvalue weighted by molar-refractivity contribution is 0.0221. The number of rotatable bonds is 2. The SMILES string of the molecule is Cn1nc(C2CCCN2C(=O)OC(C)(C)C)cc1C(N)=O. The monoisotopic (exact) mass is 294 g/mol. The highest BCUT2D eigenvalue weighted by atomic mass is 16.6. The zero-order chi connectivity index (χ0) is 15.8. The number of carbonyl (C=O) groups excluding carboxylic acids is 2. The normalized spacial score (nSPS) is 18.9. The summed E-state index contributed by atoms with van der Waals surface area (Å²) in [6, 6.07) is 1.48. The molecule has 2 amide bonds. The minimum Gasteiger partial charge on any atom is -0.444 e. The second kappa shape index (κ2) is 5.38. The predicted octanol–water partition coefficient (Wildman–Crippen LogP) is 1.59. The van der Waals surface area contributed by atoms with Gasteiger partial charge in [-0.15, -0.1) is 0 Å². The van der Waals surface area contributed by atoms with E-state index in [1.807, 2.05) is 20.8 Å². The molecule has 0 radical (unpaired) electrons. The van der Waals surface area contributed by atoms with Crippen LogP contribution in [-0.4, -0.2) is 38.8 Å². The Bertz CT molecular complexity index is 559. The van der Waals surface area contributed by atoms with E-state index in [2.05, 4.69) is 5.10 Å². The molecule has 1 aromatic rings. The van der Waals surface area contributed by atoms with Crippen LogP contribution in [0.1, 0.15) is 55.8 Å². The second-order valence-electron chi connectivity index (χ2n) is 6.27. The number of aromatic nitrogens is 2. The Labute approximate surface area is 124 Å². The smallest absolute Gasteiger partial charge is 0.410 e. The summed E-state index contributed by atoms with van der Waals surface area (Å²) >= 11 is 0. The molecule has 2 rings (SSSR count). The van der Waals surface area contributed by atoms with Gasteiger partial charge in [-0.3, -0.25) is 14.4 Å². The highest BCUT2D eigenvalue weighted by Gasteiger charge is 2.35. The molecule has 1 aliphatic heterocycles. The topological polar surface area (TPSA) is 90.4 Å². The Hall–Kier alpha value is -2.05. The minimum absolute atomic E-state index is 0.167. The molecule has 0 saturated carbocycles. The third kappa shape index (κ3) is 3.34. The zero-order valence-corrected chi connectivity index (χ0v) is 12.9. The molecule has 0 aromatic carbocycles. The molecule has 1 fully saturated rings. The maximum Gasteiger partial charge on any atom is 0.410 e. The molecule has 0 aliphatic carbocycles. The van der Waals surface area contributed by atoms with E-state index in [-0.39, 0.29) is 12.1 Å². The van der Waals surface area contributed by atoms with E-state index < -0.39 is 11.5 Å². The van der Waals surface area contributed by atoms with Gasteiger partial charge in [-0.05, 0) is 39.7 Å². The number of nitrogens with two attached hydrogens (primary N) is 1. The predicted molar refractivity (Wildman–Crippen MR) is 76.6 cm³/mol. The summed E-state index contributed by atoms with van der Waals surface area (Å²) in [7, 11) is 1.66. The summed E-state index contributed by atoms with van der Waals surface area (Å²) in [4.78, 5) is 25.2. The molecule has 21 heavy (non-hydrogen) atoms. The zero-order valence-electron chi connectivity index (χ0n) is 12.9. The first-order chi connectivity index (χ1) is 9.69. The van der Waals surface area contributed by atoms with Gasteiger partial charge in [0, 0.05) is 13.6 Å². The summed E-state index contributed by atoms with van der Waals surface area (Å²) in [6.45, 7) is 6.13. The van der Waals surface area contributed by atoms with Crippen molar-refractivity contribution in [2.75, 3.05) is 6.54 Å². The van der Waals surface area contributed by atoms with E-state index in [1.54, 1.807) is 18.0 Å². The molecule has 2 N–H and O–H groups in total. The van der Waals surface area contributed by atoms with Gasteiger partial charge in [-0.2, -0.15) is 5.10 Å². The lowest BCUT2D eigenvalue weighted by Gasteiger charge is -2.27. The van der Waals surface area contributed by atoms with E-state index in [9.17, 15) is 9.59 Å². The number of nitrogens with zero attached hydrogens (tertiary/aromatic N) is 3. The number of likely N-dealkylation sites (tertiary alicyclic amines) is 1. The van der Waals surface area contributed by atoms with Crippen LogP contribution in [0.25, 0.3) is 0 Å². The van der Waals surface area contributed by atoms with Crippen LogP contribution < -0.4 is 5.73 Å². The number of hydrogen-bond acceptors (Lipinski definition) is 4. The number of aryl methyl sites for hydroxylation is 1. The van der Waals surface area contributed by atoms with E-state index in [0.717, 1.165) is 12.8 Å². The van der Waals surface area contributed by atoms with Gasteiger partial charge in [-0.1, -0.05) is 0 Å². The van der Waals surface area contributed by atoms with Gasteiger partial charge in [0.25, 0.3) is 5.91 Å².